The molecule has 0 bridgehead atoms. The summed E-state index contributed by atoms with van der Waals surface area (Å²) in [5.74, 6) is 0.561. The Morgan fingerprint density at radius 1 is 0.933 bits per heavy atom. The van der Waals surface area contributed by atoms with Crippen molar-refractivity contribution in [3.8, 4) is 22.9 Å². The van der Waals surface area contributed by atoms with Gasteiger partial charge >= 0.3 is 0 Å². The van der Waals surface area contributed by atoms with Gasteiger partial charge in [-0.25, -0.2) is 18.4 Å². The molecule has 30 heavy (non-hydrogen) atoms. The minimum atomic E-state index is -3.62. The van der Waals surface area contributed by atoms with Crippen LogP contribution >= 0.6 is 0 Å². The molecular formula is C22H23N3O4S. The van der Waals surface area contributed by atoms with Crippen LogP contribution in [0.5, 0.6) is 11.8 Å². The van der Waals surface area contributed by atoms with Gasteiger partial charge in [-0.3, -0.25) is 0 Å². The molecule has 0 radical (unpaired) electrons. The third kappa shape index (κ3) is 4.29. The van der Waals surface area contributed by atoms with Crippen molar-refractivity contribution in [1.29, 1.82) is 0 Å². The van der Waals surface area contributed by atoms with Crippen LogP contribution in [0, 0.1) is 0 Å². The normalized spacial score (nSPS) is 17.4. The minimum Gasteiger partial charge on any atom is -0.477 e. The fourth-order valence-electron chi connectivity index (χ4n) is 3.51. The maximum absolute atomic E-state index is 13.2. The van der Waals surface area contributed by atoms with Crippen LogP contribution in [0.2, 0.25) is 0 Å². The van der Waals surface area contributed by atoms with E-state index in [1.807, 2.05) is 42.5 Å². The molecule has 4 rings (SSSR count). The molecule has 0 aliphatic carbocycles. The van der Waals surface area contributed by atoms with E-state index in [2.05, 4.69) is 9.97 Å². The van der Waals surface area contributed by atoms with Gasteiger partial charge in [0, 0.05) is 18.9 Å². The molecule has 1 aromatic heterocycles. The Hall–Kier alpha value is -2.97. The van der Waals surface area contributed by atoms with Crippen LogP contribution in [0.3, 0.4) is 0 Å². The summed E-state index contributed by atoms with van der Waals surface area (Å²) in [5.41, 5.74) is 2.02. The van der Waals surface area contributed by atoms with Crippen LogP contribution < -0.4 is 9.47 Å². The molecular weight excluding hydrogens is 402 g/mol. The van der Waals surface area contributed by atoms with Gasteiger partial charge in [0.2, 0.25) is 10.0 Å². The molecule has 1 saturated heterocycles. The fraction of sp³-hybridized carbons (Fsp3) is 0.273. The van der Waals surface area contributed by atoms with Gasteiger partial charge < -0.3 is 9.47 Å². The molecule has 0 saturated carbocycles. The first-order chi connectivity index (χ1) is 14.6. The average Bonchev–Trinajstić information content (AvgIpc) is 2.80. The monoisotopic (exact) mass is 425 g/mol. The molecule has 1 aliphatic heterocycles. The largest absolute Gasteiger partial charge is 0.477 e. The summed E-state index contributed by atoms with van der Waals surface area (Å²) in [4.78, 5) is 8.50. The topological polar surface area (TPSA) is 81.6 Å². The van der Waals surface area contributed by atoms with Crippen LogP contribution in [0.15, 0.2) is 71.9 Å². The van der Waals surface area contributed by atoms with Crippen molar-refractivity contribution in [2.45, 2.75) is 23.8 Å². The molecule has 3 aromatic rings. The summed E-state index contributed by atoms with van der Waals surface area (Å²) in [5, 5.41) is 0. The predicted octanol–water partition coefficient (Wildman–Crippen LogP) is 3.38. The molecule has 156 valence electrons. The van der Waals surface area contributed by atoms with Gasteiger partial charge in [0.25, 0.3) is 11.8 Å². The van der Waals surface area contributed by atoms with Crippen LogP contribution in [-0.4, -0.2) is 49.0 Å². The quantitative estimate of drug-likeness (QED) is 0.602. The van der Waals surface area contributed by atoms with Gasteiger partial charge in [0.1, 0.15) is 6.10 Å². The van der Waals surface area contributed by atoms with Crippen molar-refractivity contribution in [2.75, 3.05) is 20.2 Å². The van der Waals surface area contributed by atoms with E-state index in [0.29, 0.717) is 13.0 Å². The van der Waals surface area contributed by atoms with Crippen LogP contribution in [0.4, 0.5) is 0 Å². The average molecular weight is 426 g/mol. The number of benzene rings is 2. The van der Waals surface area contributed by atoms with Crippen molar-refractivity contribution >= 4 is 10.0 Å². The summed E-state index contributed by atoms with van der Waals surface area (Å²) < 4.78 is 38.9. The second-order valence-electron chi connectivity index (χ2n) is 7.01. The first-order valence-corrected chi connectivity index (χ1v) is 11.2. The van der Waals surface area contributed by atoms with Crippen molar-refractivity contribution in [2.24, 2.45) is 0 Å². The molecule has 7 nitrogen and oxygen atoms in total. The first-order valence-electron chi connectivity index (χ1n) is 9.75. The summed E-state index contributed by atoms with van der Waals surface area (Å²) in [6.45, 7) is 0.711. The van der Waals surface area contributed by atoms with Crippen LogP contribution in [0.25, 0.3) is 11.1 Å². The van der Waals surface area contributed by atoms with Crippen molar-refractivity contribution in [3.63, 3.8) is 0 Å². The number of hydrogen-bond acceptors (Lipinski definition) is 6. The number of methoxy groups -OCH3 is 1. The summed E-state index contributed by atoms with van der Waals surface area (Å²) >= 11 is 0. The van der Waals surface area contributed by atoms with E-state index in [9.17, 15) is 8.42 Å². The molecule has 2 heterocycles. The number of piperidine rings is 1. The number of sulfonamides is 1. The van der Waals surface area contributed by atoms with Gasteiger partial charge in [-0.15, -0.1) is 0 Å². The van der Waals surface area contributed by atoms with Crippen molar-refractivity contribution in [3.05, 3.63) is 67.0 Å². The number of aromatic nitrogens is 2. The molecule has 0 spiro atoms. The Morgan fingerprint density at radius 2 is 1.60 bits per heavy atom. The van der Waals surface area contributed by atoms with Gasteiger partial charge in [0.15, 0.2) is 0 Å². The molecule has 0 amide bonds. The Morgan fingerprint density at radius 3 is 2.30 bits per heavy atom. The molecule has 1 fully saturated rings. The molecule has 1 atom stereocenters. The highest BCUT2D eigenvalue weighted by molar-refractivity contribution is 7.89. The van der Waals surface area contributed by atoms with Crippen LogP contribution in [-0.2, 0) is 10.0 Å². The summed E-state index contributed by atoms with van der Waals surface area (Å²) in [6, 6.07) is 16.9. The number of hydrogen-bond donors (Lipinski definition) is 0. The van der Waals surface area contributed by atoms with Gasteiger partial charge in [-0.2, -0.15) is 4.31 Å². The van der Waals surface area contributed by atoms with Gasteiger partial charge in [0.05, 0.1) is 18.6 Å². The SMILES string of the molecule is COc1nccnc1OC1CCCN(S(=O)(=O)c2ccc(-c3ccccc3)cc2)C1. The highest BCUT2D eigenvalue weighted by Gasteiger charge is 2.32. The number of nitrogens with zero attached hydrogens (tertiary/aromatic N) is 3. The zero-order valence-electron chi connectivity index (χ0n) is 16.6. The lowest BCUT2D eigenvalue weighted by Gasteiger charge is -2.31. The molecule has 0 N–H and O–H groups in total. The highest BCUT2D eigenvalue weighted by atomic mass is 32.2. The van der Waals surface area contributed by atoms with E-state index in [1.165, 1.54) is 23.8 Å². The maximum Gasteiger partial charge on any atom is 0.278 e. The third-order valence-electron chi connectivity index (χ3n) is 5.04. The Bertz CT molecular complexity index is 1090. The van der Waals surface area contributed by atoms with Gasteiger partial charge in [-0.05, 0) is 36.1 Å². The zero-order chi connectivity index (χ0) is 21.0. The lowest BCUT2D eigenvalue weighted by atomic mass is 10.1. The number of ether oxygens (including phenoxy) is 2. The number of rotatable bonds is 6. The molecule has 1 unspecified atom stereocenters. The Kier molecular flexibility index (Phi) is 5.96. The standard InChI is InChI=1S/C22H23N3O4S/c1-28-21-22(24-14-13-23-21)29-19-8-5-15-25(16-19)30(26,27)20-11-9-18(10-12-20)17-6-3-2-4-7-17/h2-4,6-7,9-14,19H,5,8,15-16H2,1H3. The molecule has 1 aliphatic rings. The maximum atomic E-state index is 13.2. The lowest BCUT2D eigenvalue weighted by Crippen LogP contribution is -2.44. The zero-order valence-corrected chi connectivity index (χ0v) is 17.5. The van der Waals surface area contributed by atoms with Crippen LogP contribution in [0.1, 0.15) is 12.8 Å². The highest BCUT2D eigenvalue weighted by Crippen LogP contribution is 2.27. The summed E-state index contributed by atoms with van der Waals surface area (Å²) in [7, 11) is -2.12. The molecule has 8 heteroatoms. The van der Waals surface area contributed by atoms with E-state index in [0.717, 1.165) is 17.5 Å². The second kappa shape index (κ2) is 8.81. The van der Waals surface area contributed by atoms with E-state index < -0.39 is 10.0 Å². The smallest absolute Gasteiger partial charge is 0.278 e. The van der Waals surface area contributed by atoms with Crippen molar-refractivity contribution < 1.29 is 17.9 Å². The Labute approximate surface area is 176 Å². The van der Waals surface area contributed by atoms with E-state index in [1.54, 1.807) is 12.1 Å². The van der Waals surface area contributed by atoms with E-state index in [-0.39, 0.29) is 29.3 Å². The first kappa shape index (κ1) is 20.3. The summed E-state index contributed by atoms with van der Waals surface area (Å²) in [6.07, 6.45) is 4.15. The minimum absolute atomic E-state index is 0.252. The Balaban J connectivity index is 1.49. The predicted molar refractivity (Wildman–Crippen MR) is 113 cm³/mol. The van der Waals surface area contributed by atoms with E-state index >= 15 is 0 Å². The fourth-order valence-corrected chi connectivity index (χ4v) is 5.02. The van der Waals surface area contributed by atoms with E-state index in [4.69, 9.17) is 9.47 Å². The third-order valence-corrected chi connectivity index (χ3v) is 6.92. The van der Waals surface area contributed by atoms with Crippen molar-refractivity contribution in [1.82, 2.24) is 14.3 Å². The second-order valence-corrected chi connectivity index (χ2v) is 8.94. The van der Waals surface area contributed by atoms with Gasteiger partial charge in [-0.1, -0.05) is 42.5 Å². The lowest BCUT2D eigenvalue weighted by molar-refractivity contribution is 0.119. The molecule has 2 aromatic carbocycles.